The van der Waals surface area contributed by atoms with Gasteiger partial charge in [-0.15, -0.1) is 0 Å². The summed E-state index contributed by atoms with van der Waals surface area (Å²) in [5, 5.41) is 6.02. The summed E-state index contributed by atoms with van der Waals surface area (Å²) >= 11 is 0. The summed E-state index contributed by atoms with van der Waals surface area (Å²) in [6.45, 7) is 2.89. The van der Waals surface area contributed by atoms with Gasteiger partial charge in [0.05, 0.1) is 6.04 Å². The second-order valence-electron chi connectivity index (χ2n) is 3.91. The highest BCUT2D eigenvalue weighted by Gasteiger charge is 2.08. The van der Waals surface area contributed by atoms with E-state index in [1.54, 1.807) is 0 Å². The number of rotatable bonds is 6. The minimum atomic E-state index is 0.0864. The molecule has 2 N–H and O–H groups in total. The van der Waals surface area contributed by atoms with Crippen LogP contribution in [-0.4, -0.2) is 19.5 Å². The van der Waals surface area contributed by atoms with Crippen molar-refractivity contribution in [3.63, 3.8) is 0 Å². The van der Waals surface area contributed by atoms with Crippen molar-refractivity contribution in [2.45, 2.75) is 25.8 Å². The maximum Gasteiger partial charge on any atom is 0.220 e. The zero-order valence-electron chi connectivity index (χ0n) is 9.99. The lowest BCUT2D eigenvalue weighted by Gasteiger charge is -2.14. The van der Waals surface area contributed by atoms with Gasteiger partial charge in [-0.05, 0) is 32.5 Å². The van der Waals surface area contributed by atoms with Gasteiger partial charge < -0.3 is 10.6 Å². The molecule has 0 saturated carbocycles. The molecule has 0 radical (unpaired) electrons. The number of carbonyl (C=O) groups is 1. The minimum Gasteiger partial charge on any atom is -0.350 e. The number of amides is 1. The highest BCUT2D eigenvalue weighted by molar-refractivity contribution is 5.76. The van der Waals surface area contributed by atoms with E-state index >= 15 is 0 Å². The molecule has 0 aliphatic rings. The summed E-state index contributed by atoms with van der Waals surface area (Å²) in [7, 11) is 1.89. The Morgan fingerprint density at radius 3 is 2.62 bits per heavy atom. The Hall–Kier alpha value is -1.35. The summed E-state index contributed by atoms with van der Waals surface area (Å²) in [5.74, 6) is 0.117. The van der Waals surface area contributed by atoms with E-state index in [1.807, 2.05) is 44.3 Å². The first-order valence-corrected chi connectivity index (χ1v) is 5.73. The van der Waals surface area contributed by atoms with Crippen LogP contribution >= 0.6 is 0 Å². The zero-order valence-corrected chi connectivity index (χ0v) is 9.99. The molecule has 1 aromatic carbocycles. The summed E-state index contributed by atoms with van der Waals surface area (Å²) in [5.41, 5.74) is 1.14. The van der Waals surface area contributed by atoms with Crippen molar-refractivity contribution < 1.29 is 4.79 Å². The van der Waals surface area contributed by atoms with Gasteiger partial charge in [0, 0.05) is 6.42 Å². The normalized spacial score (nSPS) is 12.1. The quantitative estimate of drug-likeness (QED) is 0.718. The molecule has 0 bridgehead atoms. The van der Waals surface area contributed by atoms with Gasteiger partial charge in [-0.3, -0.25) is 4.79 Å². The molecule has 0 aliphatic heterocycles. The minimum absolute atomic E-state index is 0.0864. The Morgan fingerprint density at radius 1 is 1.31 bits per heavy atom. The topological polar surface area (TPSA) is 41.1 Å². The number of carbonyl (C=O) groups excluding carboxylic acids is 1. The third-order valence-electron chi connectivity index (χ3n) is 2.51. The molecule has 88 valence electrons. The molecule has 0 fully saturated rings. The predicted octanol–water partition coefficient (Wildman–Crippen LogP) is 1.86. The van der Waals surface area contributed by atoms with Crippen molar-refractivity contribution in [3.05, 3.63) is 35.9 Å². The fourth-order valence-electron chi connectivity index (χ4n) is 1.56. The fraction of sp³-hybridized carbons (Fsp3) is 0.462. The van der Waals surface area contributed by atoms with E-state index in [2.05, 4.69) is 10.6 Å². The van der Waals surface area contributed by atoms with Crippen molar-refractivity contribution in [2.75, 3.05) is 13.6 Å². The Labute approximate surface area is 97.2 Å². The summed E-state index contributed by atoms with van der Waals surface area (Å²) in [6, 6.07) is 10.1. The Balaban J connectivity index is 2.34. The molecule has 1 rings (SSSR count). The van der Waals surface area contributed by atoms with Crippen LogP contribution in [-0.2, 0) is 4.79 Å². The van der Waals surface area contributed by atoms with E-state index in [4.69, 9.17) is 0 Å². The van der Waals surface area contributed by atoms with E-state index in [0.29, 0.717) is 6.42 Å². The number of hydrogen-bond acceptors (Lipinski definition) is 2. The molecule has 1 aromatic rings. The van der Waals surface area contributed by atoms with Crippen molar-refractivity contribution in [1.29, 1.82) is 0 Å². The smallest absolute Gasteiger partial charge is 0.220 e. The molecule has 1 amide bonds. The van der Waals surface area contributed by atoms with Crippen molar-refractivity contribution >= 4 is 5.91 Å². The standard InChI is InChI=1S/C13H20N2O/c1-11(12-7-4-3-5-8-12)15-13(16)9-6-10-14-2/h3-5,7-8,11,14H,6,9-10H2,1-2H3,(H,15,16)/t11-/m0/s1. The van der Waals surface area contributed by atoms with Gasteiger partial charge in [0.25, 0.3) is 0 Å². The maximum atomic E-state index is 11.6. The molecule has 3 nitrogen and oxygen atoms in total. The maximum absolute atomic E-state index is 11.6. The molecule has 0 saturated heterocycles. The highest BCUT2D eigenvalue weighted by atomic mass is 16.1. The van der Waals surface area contributed by atoms with E-state index in [1.165, 1.54) is 0 Å². The summed E-state index contributed by atoms with van der Waals surface area (Å²) in [4.78, 5) is 11.6. The van der Waals surface area contributed by atoms with Crippen molar-refractivity contribution in [1.82, 2.24) is 10.6 Å². The van der Waals surface area contributed by atoms with Gasteiger partial charge in [0.2, 0.25) is 5.91 Å². The molecule has 0 heterocycles. The van der Waals surface area contributed by atoms with E-state index in [-0.39, 0.29) is 11.9 Å². The van der Waals surface area contributed by atoms with Crippen LogP contribution in [0.1, 0.15) is 31.4 Å². The Morgan fingerprint density at radius 2 is 2.00 bits per heavy atom. The molecule has 0 aliphatic carbocycles. The highest BCUT2D eigenvalue weighted by Crippen LogP contribution is 2.11. The summed E-state index contributed by atoms with van der Waals surface area (Å²) < 4.78 is 0. The van der Waals surface area contributed by atoms with E-state index < -0.39 is 0 Å². The van der Waals surface area contributed by atoms with Crippen LogP contribution in [0.5, 0.6) is 0 Å². The van der Waals surface area contributed by atoms with Crippen LogP contribution in [0.2, 0.25) is 0 Å². The molecule has 0 spiro atoms. The molecular weight excluding hydrogens is 200 g/mol. The van der Waals surface area contributed by atoms with Crippen LogP contribution in [0.4, 0.5) is 0 Å². The van der Waals surface area contributed by atoms with Crippen LogP contribution in [0, 0.1) is 0 Å². The Kier molecular flexibility index (Phi) is 5.57. The number of nitrogens with one attached hydrogen (secondary N) is 2. The number of benzene rings is 1. The first kappa shape index (κ1) is 12.7. The summed E-state index contributed by atoms with van der Waals surface area (Å²) in [6.07, 6.45) is 1.46. The van der Waals surface area contributed by atoms with Gasteiger partial charge in [0.15, 0.2) is 0 Å². The average molecular weight is 220 g/mol. The Bertz CT molecular complexity index is 311. The van der Waals surface area contributed by atoms with Gasteiger partial charge in [-0.25, -0.2) is 0 Å². The first-order chi connectivity index (χ1) is 7.74. The van der Waals surface area contributed by atoms with E-state index in [0.717, 1.165) is 18.5 Å². The van der Waals surface area contributed by atoms with Crippen LogP contribution in [0.15, 0.2) is 30.3 Å². The second kappa shape index (κ2) is 7.01. The lowest BCUT2D eigenvalue weighted by Crippen LogP contribution is -2.27. The predicted molar refractivity (Wildman–Crippen MR) is 66.2 cm³/mol. The van der Waals surface area contributed by atoms with Gasteiger partial charge in [-0.2, -0.15) is 0 Å². The molecule has 0 unspecified atom stereocenters. The molecular formula is C13H20N2O. The van der Waals surface area contributed by atoms with Crippen LogP contribution in [0.25, 0.3) is 0 Å². The van der Waals surface area contributed by atoms with Gasteiger partial charge in [0.1, 0.15) is 0 Å². The van der Waals surface area contributed by atoms with Crippen molar-refractivity contribution in [2.24, 2.45) is 0 Å². The second-order valence-corrected chi connectivity index (χ2v) is 3.91. The van der Waals surface area contributed by atoms with Crippen molar-refractivity contribution in [3.8, 4) is 0 Å². The van der Waals surface area contributed by atoms with Gasteiger partial charge >= 0.3 is 0 Å². The third kappa shape index (κ3) is 4.45. The van der Waals surface area contributed by atoms with E-state index in [9.17, 15) is 4.79 Å². The monoisotopic (exact) mass is 220 g/mol. The third-order valence-corrected chi connectivity index (χ3v) is 2.51. The fourth-order valence-corrected chi connectivity index (χ4v) is 1.56. The SMILES string of the molecule is CNCCCC(=O)N[C@@H](C)c1ccccc1. The molecule has 3 heteroatoms. The lowest BCUT2D eigenvalue weighted by molar-refractivity contribution is -0.121. The number of hydrogen-bond donors (Lipinski definition) is 2. The first-order valence-electron chi connectivity index (χ1n) is 5.73. The van der Waals surface area contributed by atoms with Crippen LogP contribution < -0.4 is 10.6 Å². The zero-order chi connectivity index (χ0) is 11.8. The molecule has 0 aromatic heterocycles. The molecule has 1 atom stereocenters. The van der Waals surface area contributed by atoms with Gasteiger partial charge in [-0.1, -0.05) is 30.3 Å². The lowest BCUT2D eigenvalue weighted by atomic mass is 10.1. The molecule has 16 heavy (non-hydrogen) atoms. The van der Waals surface area contributed by atoms with Crippen LogP contribution in [0.3, 0.4) is 0 Å². The average Bonchev–Trinajstić information content (AvgIpc) is 2.30. The largest absolute Gasteiger partial charge is 0.350 e.